The predicted molar refractivity (Wildman–Crippen MR) is 65.6 cm³/mol. The van der Waals surface area contributed by atoms with Crippen LogP contribution in [0.3, 0.4) is 0 Å². The predicted octanol–water partition coefficient (Wildman–Crippen LogP) is 3.44. The number of halogens is 1. The van der Waals surface area contributed by atoms with Crippen LogP contribution in [0.1, 0.15) is 21.5 Å². The summed E-state index contributed by atoms with van der Waals surface area (Å²) in [5, 5.41) is 0. The molecule has 1 heterocycles. The second kappa shape index (κ2) is 4.96. The Balaban J connectivity index is 2.34. The van der Waals surface area contributed by atoms with Crippen molar-refractivity contribution in [1.82, 2.24) is 4.98 Å². The minimum Gasteiger partial charge on any atom is -0.438 e. The number of aryl methyl sites for hydroxylation is 2. The summed E-state index contributed by atoms with van der Waals surface area (Å²) in [6, 6.07) is 5.99. The number of hydrogen-bond acceptors (Lipinski definition) is 3. The Hall–Kier alpha value is -2.23. The number of carbonyl (C=O) groups excluding carboxylic acids is 1. The van der Waals surface area contributed by atoms with E-state index < -0.39 is 0 Å². The van der Waals surface area contributed by atoms with Crippen LogP contribution in [-0.2, 0) is 0 Å². The SMILES string of the molecule is Cc1ccc(F)cc1Oc1ncc(C=O)cc1C. The summed E-state index contributed by atoms with van der Waals surface area (Å²) in [7, 11) is 0. The number of hydrogen-bond donors (Lipinski definition) is 0. The molecule has 0 aliphatic heterocycles. The number of benzene rings is 1. The Bertz CT molecular complexity index is 596. The van der Waals surface area contributed by atoms with Gasteiger partial charge in [-0.15, -0.1) is 0 Å². The van der Waals surface area contributed by atoms with Crippen molar-refractivity contribution in [3.8, 4) is 11.6 Å². The van der Waals surface area contributed by atoms with Crippen LogP contribution in [0.4, 0.5) is 4.39 Å². The van der Waals surface area contributed by atoms with E-state index in [2.05, 4.69) is 4.98 Å². The largest absolute Gasteiger partial charge is 0.438 e. The number of rotatable bonds is 3. The number of carbonyl (C=O) groups is 1. The molecule has 0 aliphatic rings. The number of ether oxygens (including phenoxy) is 1. The molecular weight excluding hydrogens is 233 g/mol. The van der Waals surface area contributed by atoms with E-state index in [4.69, 9.17) is 4.74 Å². The van der Waals surface area contributed by atoms with Gasteiger partial charge in [0.15, 0.2) is 6.29 Å². The maximum atomic E-state index is 13.1. The van der Waals surface area contributed by atoms with E-state index in [1.165, 1.54) is 18.3 Å². The van der Waals surface area contributed by atoms with Crippen LogP contribution in [0.2, 0.25) is 0 Å². The standard InChI is InChI=1S/C14H12FNO2/c1-9-3-4-12(15)6-13(9)18-14-10(2)5-11(8-17)7-16-14/h3-8H,1-2H3. The van der Waals surface area contributed by atoms with E-state index in [-0.39, 0.29) is 5.82 Å². The molecule has 2 rings (SSSR count). The highest BCUT2D eigenvalue weighted by Gasteiger charge is 2.07. The van der Waals surface area contributed by atoms with Crippen molar-refractivity contribution in [2.45, 2.75) is 13.8 Å². The monoisotopic (exact) mass is 245 g/mol. The summed E-state index contributed by atoms with van der Waals surface area (Å²) in [4.78, 5) is 14.6. The van der Waals surface area contributed by atoms with Gasteiger partial charge in [0.25, 0.3) is 0 Å². The molecular formula is C14H12FNO2. The average Bonchev–Trinajstić information content (AvgIpc) is 2.36. The molecule has 0 atom stereocenters. The molecule has 0 saturated heterocycles. The molecule has 0 bridgehead atoms. The summed E-state index contributed by atoms with van der Waals surface area (Å²) in [5.41, 5.74) is 2.02. The summed E-state index contributed by atoms with van der Waals surface area (Å²) >= 11 is 0. The fourth-order valence-electron chi connectivity index (χ4n) is 1.54. The zero-order valence-corrected chi connectivity index (χ0v) is 10.1. The van der Waals surface area contributed by atoms with Gasteiger partial charge in [0.2, 0.25) is 5.88 Å². The number of aldehydes is 1. The third-order valence-corrected chi connectivity index (χ3v) is 2.54. The number of nitrogens with zero attached hydrogens (tertiary/aromatic N) is 1. The second-order valence-corrected chi connectivity index (χ2v) is 4.02. The molecule has 1 aromatic carbocycles. The van der Waals surface area contributed by atoms with E-state index in [0.29, 0.717) is 17.2 Å². The van der Waals surface area contributed by atoms with Crippen LogP contribution in [0.15, 0.2) is 30.5 Å². The van der Waals surface area contributed by atoms with Crippen molar-refractivity contribution < 1.29 is 13.9 Å². The van der Waals surface area contributed by atoms with Crippen LogP contribution < -0.4 is 4.74 Å². The van der Waals surface area contributed by atoms with Gasteiger partial charge in [-0.25, -0.2) is 9.37 Å². The lowest BCUT2D eigenvalue weighted by Gasteiger charge is -2.10. The van der Waals surface area contributed by atoms with E-state index in [1.807, 2.05) is 6.92 Å². The smallest absolute Gasteiger partial charge is 0.222 e. The van der Waals surface area contributed by atoms with Crippen LogP contribution in [0.5, 0.6) is 11.6 Å². The summed E-state index contributed by atoms with van der Waals surface area (Å²) < 4.78 is 18.7. The molecule has 18 heavy (non-hydrogen) atoms. The topological polar surface area (TPSA) is 39.2 Å². The highest BCUT2D eigenvalue weighted by atomic mass is 19.1. The zero-order valence-electron chi connectivity index (χ0n) is 10.1. The molecule has 0 amide bonds. The molecule has 0 spiro atoms. The van der Waals surface area contributed by atoms with Crippen molar-refractivity contribution in [3.05, 3.63) is 53.0 Å². The molecule has 3 nitrogen and oxygen atoms in total. The van der Waals surface area contributed by atoms with Gasteiger partial charge in [-0.3, -0.25) is 4.79 Å². The normalized spacial score (nSPS) is 10.2. The molecule has 0 fully saturated rings. The Morgan fingerprint density at radius 2 is 2.00 bits per heavy atom. The first-order valence-electron chi connectivity index (χ1n) is 5.46. The first kappa shape index (κ1) is 12.2. The first-order valence-corrected chi connectivity index (χ1v) is 5.46. The van der Waals surface area contributed by atoms with E-state index in [9.17, 15) is 9.18 Å². The Morgan fingerprint density at radius 1 is 1.22 bits per heavy atom. The van der Waals surface area contributed by atoms with E-state index in [1.54, 1.807) is 19.1 Å². The molecule has 0 N–H and O–H groups in total. The van der Waals surface area contributed by atoms with Crippen molar-refractivity contribution in [3.63, 3.8) is 0 Å². The lowest BCUT2D eigenvalue weighted by Crippen LogP contribution is -1.95. The highest BCUT2D eigenvalue weighted by Crippen LogP contribution is 2.26. The quantitative estimate of drug-likeness (QED) is 0.777. The first-order chi connectivity index (χ1) is 8.60. The summed E-state index contributed by atoms with van der Waals surface area (Å²) in [6.07, 6.45) is 2.14. The van der Waals surface area contributed by atoms with Crippen LogP contribution in [-0.4, -0.2) is 11.3 Å². The molecule has 0 radical (unpaired) electrons. The van der Waals surface area contributed by atoms with Crippen LogP contribution in [0.25, 0.3) is 0 Å². The van der Waals surface area contributed by atoms with Gasteiger partial charge in [-0.2, -0.15) is 0 Å². The number of pyridine rings is 1. The van der Waals surface area contributed by atoms with Gasteiger partial charge >= 0.3 is 0 Å². The van der Waals surface area contributed by atoms with Crippen molar-refractivity contribution >= 4 is 6.29 Å². The van der Waals surface area contributed by atoms with Gasteiger partial charge in [0, 0.05) is 23.4 Å². The minimum atomic E-state index is -0.363. The summed E-state index contributed by atoms with van der Waals surface area (Å²) in [5.74, 6) is 0.427. The summed E-state index contributed by atoms with van der Waals surface area (Å²) in [6.45, 7) is 3.61. The van der Waals surface area contributed by atoms with Crippen molar-refractivity contribution in [2.24, 2.45) is 0 Å². The highest BCUT2D eigenvalue weighted by molar-refractivity contribution is 5.74. The molecule has 2 aromatic rings. The van der Waals surface area contributed by atoms with E-state index >= 15 is 0 Å². The zero-order chi connectivity index (χ0) is 13.1. The lowest BCUT2D eigenvalue weighted by molar-refractivity contribution is 0.112. The molecule has 0 unspecified atom stereocenters. The molecule has 0 saturated carbocycles. The van der Waals surface area contributed by atoms with Crippen LogP contribution >= 0.6 is 0 Å². The maximum Gasteiger partial charge on any atom is 0.222 e. The van der Waals surface area contributed by atoms with Gasteiger partial charge in [0.1, 0.15) is 11.6 Å². The van der Waals surface area contributed by atoms with Crippen molar-refractivity contribution in [1.29, 1.82) is 0 Å². The van der Waals surface area contributed by atoms with Crippen LogP contribution in [0, 0.1) is 19.7 Å². The lowest BCUT2D eigenvalue weighted by atomic mass is 10.2. The molecule has 92 valence electrons. The maximum absolute atomic E-state index is 13.1. The van der Waals surface area contributed by atoms with Gasteiger partial charge < -0.3 is 4.74 Å². The van der Waals surface area contributed by atoms with E-state index in [0.717, 1.165) is 17.4 Å². The Kier molecular flexibility index (Phi) is 3.37. The Morgan fingerprint density at radius 3 is 2.67 bits per heavy atom. The fraction of sp³-hybridized carbons (Fsp3) is 0.143. The fourth-order valence-corrected chi connectivity index (χ4v) is 1.54. The van der Waals surface area contributed by atoms with Gasteiger partial charge in [-0.05, 0) is 31.5 Å². The Labute approximate surface area is 104 Å². The molecule has 0 aliphatic carbocycles. The van der Waals surface area contributed by atoms with Gasteiger partial charge in [-0.1, -0.05) is 6.07 Å². The third kappa shape index (κ3) is 2.53. The third-order valence-electron chi connectivity index (χ3n) is 2.54. The molecule has 4 heteroatoms. The second-order valence-electron chi connectivity index (χ2n) is 4.02. The molecule has 1 aromatic heterocycles. The average molecular weight is 245 g/mol. The number of aromatic nitrogens is 1. The van der Waals surface area contributed by atoms with Crippen molar-refractivity contribution in [2.75, 3.05) is 0 Å². The van der Waals surface area contributed by atoms with Gasteiger partial charge in [0.05, 0.1) is 0 Å². The minimum absolute atomic E-state index is 0.363.